The van der Waals surface area contributed by atoms with Gasteiger partial charge in [-0.3, -0.25) is 9.78 Å². The first kappa shape index (κ1) is 14.0. The molecule has 1 aliphatic rings. The van der Waals surface area contributed by atoms with Gasteiger partial charge in [-0.15, -0.1) is 0 Å². The third kappa shape index (κ3) is 2.61. The number of rotatable bonds is 4. The number of hydrogen-bond acceptors (Lipinski definition) is 3. The van der Waals surface area contributed by atoms with Crippen LogP contribution in [0.2, 0.25) is 0 Å². The SMILES string of the molecule is Cc1cccc2c(C(=O)NC(c3ccccn3)C3CC3)coc12. The van der Waals surface area contributed by atoms with Crippen molar-refractivity contribution in [3.63, 3.8) is 0 Å². The fourth-order valence-corrected chi connectivity index (χ4v) is 3.02. The van der Waals surface area contributed by atoms with Crippen LogP contribution in [0.5, 0.6) is 0 Å². The predicted octanol–water partition coefficient (Wildman–Crippen LogP) is 4.02. The molecule has 1 amide bonds. The Bertz CT molecular complexity index is 850. The number of furan rings is 1. The molecule has 1 aromatic carbocycles. The number of carbonyl (C=O) groups is 1. The van der Waals surface area contributed by atoms with Gasteiger partial charge in [0.15, 0.2) is 0 Å². The summed E-state index contributed by atoms with van der Waals surface area (Å²) in [6, 6.07) is 11.6. The lowest BCUT2D eigenvalue weighted by atomic mass is 10.1. The lowest BCUT2D eigenvalue weighted by Crippen LogP contribution is -2.30. The molecule has 0 radical (unpaired) electrons. The van der Waals surface area contributed by atoms with E-state index >= 15 is 0 Å². The Morgan fingerprint density at radius 3 is 2.87 bits per heavy atom. The van der Waals surface area contributed by atoms with Gasteiger partial charge in [-0.25, -0.2) is 0 Å². The summed E-state index contributed by atoms with van der Waals surface area (Å²) in [7, 11) is 0. The minimum Gasteiger partial charge on any atom is -0.463 e. The molecule has 1 aliphatic carbocycles. The van der Waals surface area contributed by atoms with Crippen molar-refractivity contribution in [2.75, 3.05) is 0 Å². The molecule has 4 rings (SSSR count). The number of pyridine rings is 1. The molecule has 1 unspecified atom stereocenters. The first-order valence-electron chi connectivity index (χ1n) is 7.92. The molecular formula is C19H18N2O2. The zero-order valence-electron chi connectivity index (χ0n) is 13.0. The summed E-state index contributed by atoms with van der Waals surface area (Å²) in [6.07, 6.45) is 5.59. The van der Waals surface area contributed by atoms with Gasteiger partial charge in [-0.1, -0.05) is 24.3 Å². The molecule has 116 valence electrons. The molecule has 23 heavy (non-hydrogen) atoms. The van der Waals surface area contributed by atoms with Gasteiger partial charge in [-0.2, -0.15) is 0 Å². The molecule has 3 aromatic rings. The maximum atomic E-state index is 12.7. The molecule has 0 saturated heterocycles. The normalized spacial score (nSPS) is 15.5. The van der Waals surface area contributed by atoms with E-state index in [0.29, 0.717) is 11.5 Å². The van der Waals surface area contributed by atoms with Crippen molar-refractivity contribution in [3.05, 3.63) is 65.7 Å². The third-order valence-electron chi connectivity index (χ3n) is 4.43. The first-order chi connectivity index (χ1) is 11.2. The van der Waals surface area contributed by atoms with Crippen molar-refractivity contribution in [3.8, 4) is 0 Å². The topological polar surface area (TPSA) is 55.1 Å². The second kappa shape index (κ2) is 5.54. The average Bonchev–Trinajstić information content (AvgIpc) is 3.32. The Hall–Kier alpha value is -2.62. The van der Waals surface area contributed by atoms with Gasteiger partial charge >= 0.3 is 0 Å². The molecule has 2 aromatic heterocycles. The molecule has 1 fully saturated rings. The zero-order valence-corrected chi connectivity index (χ0v) is 13.0. The van der Waals surface area contributed by atoms with Crippen molar-refractivity contribution in [1.29, 1.82) is 0 Å². The van der Waals surface area contributed by atoms with E-state index in [1.807, 2.05) is 43.3 Å². The second-order valence-corrected chi connectivity index (χ2v) is 6.14. The van der Waals surface area contributed by atoms with Gasteiger partial charge in [0, 0.05) is 11.6 Å². The summed E-state index contributed by atoms with van der Waals surface area (Å²) in [6.45, 7) is 1.98. The van der Waals surface area contributed by atoms with Crippen molar-refractivity contribution < 1.29 is 9.21 Å². The monoisotopic (exact) mass is 306 g/mol. The number of para-hydroxylation sites is 1. The Morgan fingerprint density at radius 2 is 2.13 bits per heavy atom. The number of amides is 1. The molecule has 1 N–H and O–H groups in total. The molecule has 1 atom stereocenters. The predicted molar refractivity (Wildman–Crippen MR) is 88.1 cm³/mol. The van der Waals surface area contributed by atoms with E-state index in [9.17, 15) is 4.79 Å². The van der Waals surface area contributed by atoms with Crippen LogP contribution < -0.4 is 5.32 Å². The highest BCUT2D eigenvalue weighted by Gasteiger charge is 2.34. The van der Waals surface area contributed by atoms with Crippen LogP contribution in [0.1, 0.15) is 40.5 Å². The van der Waals surface area contributed by atoms with Gasteiger partial charge in [0.2, 0.25) is 0 Å². The maximum Gasteiger partial charge on any atom is 0.255 e. The summed E-state index contributed by atoms with van der Waals surface area (Å²) >= 11 is 0. The number of nitrogens with one attached hydrogen (secondary N) is 1. The standard InChI is InChI=1S/C19H18N2O2/c1-12-5-4-6-14-15(11-23-18(12)14)19(22)21-17(13-8-9-13)16-7-2-3-10-20-16/h2-7,10-11,13,17H,8-9H2,1H3,(H,21,22). The van der Waals surface area contributed by atoms with Crippen LogP contribution >= 0.6 is 0 Å². The van der Waals surface area contributed by atoms with Gasteiger partial charge in [-0.05, 0) is 43.4 Å². The van der Waals surface area contributed by atoms with Gasteiger partial charge in [0.25, 0.3) is 5.91 Å². The minimum atomic E-state index is -0.100. The Labute approximate surface area is 134 Å². The Balaban J connectivity index is 1.64. The van der Waals surface area contributed by atoms with E-state index < -0.39 is 0 Å². The highest BCUT2D eigenvalue weighted by Crippen LogP contribution is 2.40. The van der Waals surface area contributed by atoms with Crippen molar-refractivity contribution in [2.45, 2.75) is 25.8 Å². The zero-order chi connectivity index (χ0) is 15.8. The number of aryl methyl sites for hydroxylation is 1. The summed E-state index contributed by atoms with van der Waals surface area (Å²) in [4.78, 5) is 17.2. The molecule has 0 aliphatic heterocycles. The average molecular weight is 306 g/mol. The van der Waals surface area contributed by atoms with Crippen molar-refractivity contribution in [1.82, 2.24) is 10.3 Å². The van der Waals surface area contributed by atoms with E-state index in [1.54, 1.807) is 12.5 Å². The largest absolute Gasteiger partial charge is 0.463 e. The maximum absolute atomic E-state index is 12.7. The van der Waals surface area contributed by atoms with Crippen molar-refractivity contribution in [2.24, 2.45) is 5.92 Å². The number of hydrogen-bond donors (Lipinski definition) is 1. The highest BCUT2D eigenvalue weighted by molar-refractivity contribution is 6.06. The van der Waals surface area contributed by atoms with Crippen LogP contribution in [0.25, 0.3) is 11.0 Å². The number of carbonyl (C=O) groups excluding carboxylic acids is 1. The van der Waals surface area contributed by atoms with Gasteiger partial charge < -0.3 is 9.73 Å². The van der Waals surface area contributed by atoms with Crippen LogP contribution in [0, 0.1) is 12.8 Å². The van der Waals surface area contributed by atoms with E-state index in [-0.39, 0.29) is 11.9 Å². The van der Waals surface area contributed by atoms with Crippen molar-refractivity contribution >= 4 is 16.9 Å². The first-order valence-corrected chi connectivity index (χ1v) is 7.92. The Kier molecular flexibility index (Phi) is 3.37. The number of benzene rings is 1. The molecule has 2 heterocycles. The van der Waals surface area contributed by atoms with E-state index in [0.717, 1.165) is 35.1 Å². The van der Waals surface area contributed by atoms with E-state index in [4.69, 9.17) is 4.42 Å². The molecular weight excluding hydrogens is 288 g/mol. The molecule has 0 bridgehead atoms. The summed E-state index contributed by atoms with van der Waals surface area (Å²) in [5.41, 5.74) is 3.32. The van der Waals surface area contributed by atoms with Gasteiger partial charge in [0.05, 0.1) is 17.3 Å². The second-order valence-electron chi connectivity index (χ2n) is 6.14. The van der Waals surface area contributed by atoms with Crippen LogP contribution in [0.3, 0.4) is 0 Å². The lowest BCUT2D eigenvalue weighted by molar-refractivity contribution is 0.0931. The minimum absolute atomic E-state index is 0.0292. The van der Waals surface area contributed by atoms with E-state index in [2.05, 4.69) is 10.3 Å². The quantitative estimate of drug-likeness (QED) is 0.792. The lowest BCUT2D eigenvalue weighted by Gasteiger charge is -2.17. The van der Waals surface area contributed by atoms with Crippen LogP contribution in [0.4, 0.5) is 0 Å². The summed E-state index contributed by atoms with van der Waals surface area (Å²) in [5.74, 6) is 0.380. The van der Waals surface area contributed by atoms with Gasteiger partial charge in [0.1, 0.15) is 11.8 Å². The van der Waals surface area contributed by atoms with E-state index in [1.165, 1.54) is 0 Å². The number of fused-ring (bicyclic) bond motifs is 1. The van der Waals surface area contributed by atoms with Crippen LogP contribution in [0.15, 0.2) is 53.3 Å². The molecule has 1 saturated carbocycles. The summed E-state index contributed by atoms with van der Waals surface area (Å²) < 4.78 is 5.59. The summed E-state index contributed by atoms with van der Waals surface area (Å²) in [5, 5.41) is 4.01. The Morgan fingerprint density at radius 1 is 1.26 bits per heavy atom. The molecule has 0 spiro atoms. The molecule has 4 heteroatoms. The fraction of sp³-hybridized carbons (Fsp3) is 0.263. The molecule has 4 nitrogen and oxygen atoms in total. The number of nitrogens with zero attached hydrogens (tertiary/aromatic N) is 1. The smallest absolute Gasteiger partial charge is 0.255 e. The van der Waals surface area contributed by atoms with Crippen LogP contribution in [-0.4, -0.2) is 10.9 Å². The third-order valence-corrected chi connectivity index (χ3v) is 4.43. The highest BCUT2D eigenvalue weighted by atomic mass is 16.3. The number of aromatic nitrogens is 1. The van der Waals surface area contributed by atoms with Crippen LogP contribution in [-0.2, 0) is 0 Å². The fourth-order valence-electron chi connectivity index (χ4n) is 3.02.